The van der Waals surface area contributed by atoms with E-state index in [0.717, 1.165) is 15.9 Å². The average Bonchev–Trinajstić information content (AvgIpc) is 3.11. The standard InChI is InChI=1S/C21H20F3N3O2/c1-26(13-19-25-11-12-27(19)15-21(22,23)24)20(28)17-9-7-16(8-10-17)14-29-18-5-3-2-4-6-18/h2-12H,13-15H2,1H3. The van der Waals surface area contributed by atoms with Crippen molar-refractivity contribution in [3.05, 3.63) is 83.9 Å². The molecule has 8 heteroatoms. The molecule has 3 rings (SSSR count). The molecule has 1 aromatic heterocycles. The van der Waals surface area contributed by atoms with E-state index < -0.39 is 12.7 Å². The predicted octanol–water partition coefficient (Wildman–Crippen LogP) is 4.30. The number of ether oxygens (including phenoxy) is 1. The summed E-state index contributed by atoms with van der Waals surface area (Å²) in [5.74, 6) is 0.620. The number of hydrogen-bond donors (Lipinski definition) is 0. The quantitative estimate of drug-likeness (QED) is 0.591. The summed E-state index contributed by atoms with van der Waals surface area (Å²) >= 11 is 0. The summed E-state index contributed by atoms with van der Waals surface area (Å²) in [5.41, 5.74) is 1.33. The first-order valence-electron chi connectivity index (χ1n) is 8.91. The molecular formula is C21H20F3N3O2. The van der Waals surface area contributed by atoms with Crippen LogP contribution >= 0.6 is 0 Å². The first kappa shape index (κ1) is 20.4. The molecule has 0 saturated carbocycles. The molecule has 0 spiro atoms. The van der Waals surface area contributed by atoms with Crippen LogP contribution in [0.15, 0.2) is 67.0 Å². The predicted molar refractivity (Wildman–Crippen MR) is 101 cm³/mol. The van der Waals surface area contributed by atoms with Gasteiger partial charge in [0.1, 0.15) is 24.7 Å². The molecule has 152 valence electrons. The molecule has 0 aliphatic heterocycles. The van der Waals surface area contributed by atoms with Crippen molar-refractivity contribution in [1.82, 2.24) is 14.5 Å². The third-order valence-corrected chi connectivity index (χ3v) is 4.23. The minimum Gasteiger partial charge on any atom is -0.489 e. The van der Waals surface area contributed by atoms with Crippen molar-refractivity contribution >= 4 is 5.91 Å². The van der Waals surface area contributed by atoms with Crippen LogP contribution in [0.3, 0.4) is 0 Å². The van der Waals surface area contributed by atoms with Gasteiger partial charge in [-0.3, -0.25) is 4.79 Å². The molecule has 0 unspecified atom stereocenters. The molecule has 1 heterocycles. The van der Waals surface area contributed by atoms with Gasteiger partial charge in [-0.25, -0.2) is 4.98 Å². The lowest BCUT2D eigenvalue weighted by Gasteiger charge is -2.18. The molecule has 2 aromatic carbocycles. The minimum atomic E-state index is -4.35. The number of halogens is 3. The summed E-state index contributed by atoms with van der Waals surface area (Å²) in [6.07, 6.45) is -1.81. The maximum Gasteiger partial charge on any atom is 0.406 e. The Morgan fingerprint density at radius 2 is 1.79 bits per heavy atom. The number of hydrogen-bond acceptors (Lipinski definition) is 3. The topological polar surface area (TPSA) is 47.4 Å². The van der Waals surface area contributed by atoms with Gasteiger partial charge in [0.05, 0.1) is 6.54 Å². The number of para-hydroxylation sites is 1. The number of nitrogens with zero attached hydrogens (tertiary/aromatic N) is 3. The summed E-state index contributed by atoms with van der Waals surface area (Å²) in [6.45, 7) is -0.801. The van der Waals surface area contributed by atoms with Gasteiger partial charge >= 0.3 is 6.18 Å². The number of carbonyl (C=O) groups excluding carboxylic acids is 1. The van der Waals surface area contributed by atoms with E-state index in [2.05, 4.69) is 4.98 Å². The Kier molecular flexibility index (Phi) is 6.21. The van der Waals surface area contributed by atoms with Crippen molar-refractivity contribution in [2.24, 2.45) is 0 Å². The Morgan fingerprint density at radius 3 is 2.45 bits per heavy atom. The lowest BCUT2D eigenvalue weighted by atomic mass is 10.1. The van der Waals surface area contributed by atoms with Crippen LogP contribution in [0.1, 0.15) is 21.7 Å². The number of benzene rings is 2. The van der Waals surface area contributed by atoms with Crippen molar-refractivity contribution in [2.45, 2.75) is 25.9 Å². The fourth-order valence-corrected chi connectivity index (χ4v) is 2.76. The van der Waals surface area contributed by atoms with Gasteiger partial charge in [0, 0.05) is 25.0 Å². The minimum absolute atomic E-state index is 0.0270. The van der Waals surface area contributed by atoms with E-state index in [9.17, 15) is 18.0 Å². The second kappa shape index (κ2) is 8.81. The molecule has 0 atom stereocenters. The second-order valence-corrected chi connectivity index (χ2v) is 6.55. The molecule has 0 radical (unpaired) electrons. The molecule has 0 saturated heterocycles. The smallest absolute Gasteiger partial charge is 0.406 e. The molecule has 0 fully saturated rings. The maximum absolute atomic E-state index is 12.6. The Labute approximate surface area is 166 Å². The second-order valence-electron chi connectivity index (χ2n) is 6.55. The molecular weight excluding hydrogens is 383 g/mol. The van der Waals surface area contributed by atoms with Crippen molar-refractivity contribution in [3.8, 4) is 5.75 Å². The van der Waals surface area contributed by atoms with Crippen molar-refractivity contribution < 1.29 is 22.7 Å². The summed E-state index contributed by atoms with van der Waals surface area (Å²) in [4.78, 5) is 17.9. The number of rotatable bonds is 7. The normalized spacial score (nSPS) is 11.3. The molecule has 1 amide bonds. The van der Waals surface area contributed by atoms with Gasteiger partial charge in [0.25, 0.3) is 5.91 Å². The number of carbonyl (C=O) groups is 1. The van der Waals surface area contributed by atoms with Gasteiger partial charge in [-0.05, 0) is 29.8 Å². The van der Waals surface area contributed by atoms with Crippen LogP contribution in [0.5, 0.6) is 5.75 Å². The zero-order chi connectivity index (χ0) is 20.9. The van der Waals surface area contributed by atoms with Gasteiger partial charge < -0.3 is 14.2 Å². The fourth-order valence-electron chi connectivity index (χ4n) is 2.76. The molecule has 5 nitrogen and oxygen atoms in total. The van der Waals surface area contributed by atoms with E-state index >= 15 is 0 Å². The number of alkyl halides is 3. The molecule has 0 aliphatic rings. The maximum atomic E-state index is 12.6. The van der Waals surface area contributed by atoms with E-state index in [1.807, 2.05) is 30.3 Å². The summed E-state index contributed by atoms with van der Waals surface area (Å²) in [5, 5.41) is 0. The Hall–Kier alpha value is -3.29. The molecule has 0 N–H and O–H groups in total. The third-order valence-electron chi connectivity index (χ3n) is 4.23. The highest BCUT2D eigenvalue weighted by Crippen LogP contribution is 2.19. The van der Waals surface area contributed by atoms with Crippen molar-refractivity contribution in [2.75, 3.05) is 7.05 Å². The van der Waals surface area contributed by atoms with Crippen molar-refractivity contribution in [1.29, 1.82) is 0 Å². The summed E-state index contributed by atoms with van der Waals surface area (Å²) < 4.78 is 44.5. The summed E-state index contributed by atoms with van der Waals surface area (Å²) in [6, 6.07) is 16.3. The van der Waals surface area contributed by atoms with Gasteiger partial charge in [0.15, 0.2) is 0 Å². The van der Waals surface area contributed by atoms with Crippen molar-refractivity contribution in [3.63, 3.8) is 0 Å². The van der Waals surface area contributed by atoms with Crippen LogP contribution in [0, 0.1) is 0 Å². The lowest BCUT2D eigenvalue weighted by molar-refractivity contribution is -0.141. The van der Waals surface area contributed by atoms with E-state index in [1.165, 1.54) is 24.3 Å². The zero-order valence-electron chi connectivity index (χ0n) is 15.8. The van der Waals surface area contributed by atoms with Gasteiger partial charge in [-0.2, -0.15) is 13.2 Å². The summed E-state index contributed by atoms with van der Waals surface area (Å²) in [7, 11) is 1.53. The Morgan fingerprint density at radius 1 is 1.10 bits per heavy atom. The molecule has 0 bridgehead atoms. The van der Waals surface area contributed by atoms with E-state index in [4.69, 9.17) is 4.74 Å². The molecule has 0 aliphatic carbocycles. The van der Waals surface area contributed by atoms with Crippen LogP contribution in [-0.4, -0.2) is 33.6 Å². The number of amides is 1. The van der Waals surface area contributed by atoms with E-state index in [0.29, 0.717) is 12.2 Å². The highest BCUT2D eigenvalue weighted by molar-refractivity contribution is 5.94. The van der Waals surface area contributed by atoms with Crippen LogP contribution in [0.2, 0.25) is 0 Å². The monoisotopic (exact) mass is 403 g/mol. The van der Waals surface area contributed by atoms with Crippen LogP contribution in [0.4, 0.5) is 13.2 Å². The zero-order valence-corrected chi connectivity index (χ0v) is 15.8. The van der Waals surface area contributed by atoms with E-state index in [1.54, 1.807) is 24.3 Å². The van der Waals surface area contributed by atoms with Crippen LogP contribution in [-0.2, 0) is 19.7 Å². The van der Waals surface area contributed by atoms with Gasteiger partial charge in [0.2, 0.25) is 0 Å². The highest BCUT2D eigenvalue weighted by atomic mass is 19.4. The third kappa shape index (κ3) is 5.84. The highest BCUT2D eigenvalue weighted by Gasteiger charge is 2.29. The van der Waals surface area contributed by atoms with Gasteiger partial charge in [-0.15, -0.1) is 0 Å². The number of aromatic nitrogens is 2. The Bertz CT molecular complexity index is 938. The SMILES string of the molecule is CN(Cc1nccn1CC(F)(F)F)C(=O)c1ccc(COc2ccccc2)cc1. The first-order valence-corrected chi connectivity index (χ1v) is 8.91. The first-order chi connectivity index (χ1) is 13.8. The van der Waals surface area contributed by atoms with Crippen LogP contribution in [0.25, 0.3) is 0 Å². The molecule has 3 aromatic rings. The fraction of sp³-hybridized carbons (Fsp3) is 0.238. The van der Waals surface area contributed by atoms with E-state index in [-0.39, 0.29) is 18.3 Å². The average molecular weight is 403 g/mol. The largest absolute Gasteiger partial charge is 0.489 e. The van der Waals surface area contributed by atoms with Gasteiger partial charge in [-0.1, -0.05) is 30.3 Å². The molecule has 29 heavy (non-hydrogen) atoms. The Balaban J connectivity index is 1.59. The van der Waals surface area contributed by atoms with Crippen LogP contribution < -0.4 is 4.74 Å². The lowest BCUT2D eigenvalue weighted by Crippen LogP contribution is -2.29. The number of imidazole rings is 1.